The van der Waals surface area contributed by atoms with Crippen LogP contribution in [0.4, 0.5) is 4.39 Å². The van der Waals surface area contributed by atoms with Crippen molar-refractivity contribution in [3.05, 3.63) is 109 Å². The fraction of sp³-hybridized carbons (Fsp3) is 0.143. The van der Waals surface area contributed by atoms with Gasteiger partial charge in [0.25, 0.3) is 5.56 Å². The lowest BCUT2D eigenvalue weighted by atomic mass is 10.1. The van der Waals surface area contributed by atoms with Crippen molar-refractivity contribution in [3.63, 3.8) is 0 Å². The molecule has 0 fully saturated rings. The van der Waals surface area contributed by atoms with Gasteiger partial charge in [-0.05, 0) is 72.2 Å². The number of nitrogens with zero attached hydrogens (tertiary/aromatic N) is 3. The van der Waals surface area contributed by atoms with Crippen LogP contribution in [-0.4, -0.2) is 25.8 Å². The Kier molecular flexibility index (Phi) is 8.27. The van der Waals surface area contributed by atoms with Gasteiger partial charge in [-0.3, -0.25) is 18.7 Å². The van der Waals surface area contributed by atoms with E-state index in [1.54, 1.807) is 10.6 Å². The highest BCUT2D eigenvalue weighted by molar-refractivity contribution is 7.99. The first-order valence-electron chi connectivity index (χ1n) is 12.0. The molecule has 0 aliphatic carbocycles. The summed E-state index contributed by atoms with van der Waals surface area (Å²) in [6.07, 6.45) is 0.899. The number of hydrogen-bond acceptors (Lipinski definition) is 6. The second-order valence-electron chi connectivity index (χ2n) is 8.54. The zero-order valence-corrected chi connectivity index (χ0v) is 23.9. The summed E-state index contributed by atoms with van der Waals surface area (Å²) in [7, 11) is 0. The summed E-state index contributed by atoms with van der Waals surface area (Å²) in [6, 6.07) is 20.8. The minimum absolute atomic E-state index is 0.000337. The molecule has 0 spiro atoms. The van der Waals surface area contributed by atoms with Gasteiger partial charge < -0.3 is 5.32 Å². The van der Waals surface area contributed by atoms with E-state index in [9.17, 15) is 14.0 Å². The number of rotatable bonds is 8. The van der Waals surface area contributed by atoms with E-state index in [4.69, 9.17) is 28.8 Å². The Balaban J connectivity index is 1.54. The molecule has 2 heterocycles. The summed E-state index contributed by atoms with van der Waals surface area (Å²) in [6.45, 7) is 2.35. The van der Waals surface area contributed by atoms with Crippen LogP contribution >= 0.6 is 46.9 Å². The topological polar surface area (TPSA) is 68.9 Å². The number of aryl methyl sites for hydroxylation is 1. The summed E-state index contributed by atoms with van der Waals surface area (Å²) in [5.74, 6) is -0.678. The van der Waals surface area contributed by atoms with Crippen molar-refractivity contribution in [3.8, 4) is 11.4 Å². The first kappa shape index (κ1) is 27.3. The third kappa shape index (κ3) is 5.84. The number of aromatic nitrogens is 3. The highest BCUT2D eigenvalue weighted by Crippen LogP contribution is 2.28. The Bertz CT molecular complexity index is 1780. The third-order valence-electron chi connectivity index (χ3n) is 6.03. The quantitative estimate of drug-likeness (QED) is 0.122. The van der Waals surface area contributed by atoms with Crippen molar-refractivity contribution < 1.29 is 9.18 Å². The van der Waals surface area contributed by atoms with Crippen LogP contribution < -0.4 is 10.9 Å². The number of hydrogen-bond donors (Lipinski definition) is 1. The van der Waals surface area contributed by atoms with Gasteiger partial charge in [0.1, 0.15) is 10.5 Å². The molecule has 0 saturated heterocycles. The molecule has 0 bridgehead atoms. The molecule has 0 atom stereocenters. The van der Waals surface area contributed by atoms with Crippen LogP contribution in [0.2, 0.25) is 5.02 Å². The molecule has 39 heavy (non-hydrogen) atoms. The average Bonchev–Trinajstić information content (AvgIpc) is 3.28. The van der Waals surface area contributed by atoms with Gasteiger partial charge in [-0.2, -0.15) is 0 Å². The van der Waals surface area contributed by atoms with E-state index in [1.165, 1.54) is 45.7 Å². The van der Waals surface area contributed by atoms with Crippen LogP contribution in [0.3, 0.4) is 0 Å². The van der Waals surface area contributed by atoms with Crippen LogP contribution in [0.5, 0.6) is 0 Å². The van der Waals surface area contributed by atoms with Crippen molar-refractivity contribution in [2.75, 3.05) is 5.75 Å². The summed E-state index contributed by atoms with van der Waals surface area (Å²) in [5.41, 5.74) is 3.28. The number of halogens is 2. The van der Waals surface area contributed by atoms with Gasteiger partial charge in [0, 0.05) is 17.3 Å². The van der Waals surface area contributed by atoms with E-state index in [0.29, 0.717) is 30.2 Å². The summed E-state index contributed by atoms with van der Waals surface area (Å²) >= 11 is 14.1. The molecule has 198 valence electrons. The number of thiazole rings is 1. The zero-order chi connectivity index (χ0) is 27.5. The predicted octanol–water partition coefficient (Wildman–Crippen LogP) is 6.73. The lowest BCUT2D eigenvalue weighted by molar-refractivity contribution is -0.118. The smallest absolute Gasteiger partial charge is 0.278 e. The van der Waals surface area contributed by atoms with E-state index >= 15 is 0 Å². The Labute approximate surface area is 242 Å². The summed E-state index contributed by atoms with van der Waals surface area (Å²) < 4.78 is 17.7. The Morgan fingerprint density at radius 3 is 2.41 bits per heavy atom. The number of thioether (sulfide) groups is 1. The van der Waals surface area contributed by atoms with Crippen molar-refractivity contribution in [1.82, 2.24) is 19.4 Å². The van der Waals surface area contributed by atoms with Crippen molar-refractivity contribution >= 4 is 63.2 Å². The van der Waals surface area contributed by atoms with Crippen molar-refractivity contribution in [1.29, 1.82) is 0 Å². The minimum Gasteiger partial charge on any atom is -0.351 e. The standard InChI is InChI=1S/C28H22ClFN4O2S3/c1-2-17-7-11-20(12-8-17)33-25-24(39-28(33)37)26(36)34(21-13-9-19(30)10-14-21)27(32-25)38-16-23(35)31-15-18-5-3-4-6-22(18)29/h3-14H,2,15-16H2,1H3,(H,31,35). The number of carbonyl (C=O) groups excluding carboxylic acids is 1. The monoisotopic (exact) mass is 596 g/mol. The van der Waals surface area contributed by atoms with Crippen molar-refractivity contribution in [2.24, 2.45) is 0 Å². The molecule has 1 amide bonds. The molecule has 11 heteroatoms. The number of benzene rings is 3. The Morgan fingerprint density at radius 2 is 1.72 bits per heavy atom. The van der Waals surface area contributed by atoms with Gasteiger partial charge in [0.2, 0.25) is 5.91 Å². The van der Waals surface area contributed by atoms with Crippen LogP contribution in [-0.2, 0) is 17.8 Å². The fourth-order valence-electron chi connectivity index (χ4n) is 3.98. The normalized spacial score (nSPS) is 11.2. The molecule has 0 aliphatic rings. The van der Waals surface area contributed by atoms with Gasteiger partial charge in [-0.1, -0.05) is 72.0 Å². The molecule has 0 saturated carbocycles. The van der Waals surface area contributed by atoms with Gasteiger partial charge >= 0.3 is 0 Å². The third-order valence-corrected chi connectivity index (χ3v) is 8.69. The van der Waals surface area contributed by atoms with Crippen LogP contribution in [0.15, 0.2) is 82.7 Å². The van der Waals surface area contributed by atoms with Gasteiger partial charge in [0.15, 0.2) is 14.8 Å². The van der Waals surface area contributed by atoms with E-state index in [0.717, 1.165) is 29.4 Å². The first-order valence-corrected chi connectivity index (χ1v) is 14.6. The van der Waals surface area contributed by atoms with E-state index in [1.807, 2.05) is 42.5 Å². The second-order valence-corrected chi connectivity index (χ2v) is 11.5. The highest BCUT2D eigenvalue weighted by Gasteiger charge is 2.20. The molecule has 3 aromatic carbocycles. The Hall–Kier alpha value is -3.31. The predicted molar refractivity (Wildman–Crippen MR) is 159 cm³/mol. The fourth-order valence-corrected chi connectivity index (χ4v) is 6.32. The molecular formula is C28H22ClFN4O2S3. The molecule has 0 radical (unpaired) electrons. The molecule has 2 aromatic heterocycles. The van der Waals surface area contributed by atoms with Gasteiger partial charge in [-0.15, -0.1) is 0 Å². The lowest BCUT2D eigenvalue weighted by Gasteiger charge is -2.13. The summed E-state index contributed by atoms with van der Waals surface area (Å²) in [5, 5.41) is 3.71. The van der Waals surface area contributed by atoms with E-state index in [2.05, 4.69) is 12.2 Å². The molecule has 6 nitrogen and oxygen atoms in total. The number of nitrogens with one attached hydrogen (secondary N) is 1. The average molecular weight is 597 g/mol. The maximum absolute atomic E-state index is 13.8. The van der Waals surface area contributed by atoms with Gasteiger partial charge in [0.05, 0.1) is 11.4 Å². The van der Waals surface area contributed by atoms with Gasteiger partial charge in [-0.25, -0.2) is 9.37 Å². The number of fused-ring (bicyclic) bond motifs is 1. The minimum atomic E-state index is -0.425. The largest absolute Gasteiger partial charge is 0.351 e. The van der Waals surface area contributed by atoms with E-state index in [-0.39, 0.29) is 23.8 Å². The number of carbonyl (C=O) groups is 1. The molecule has 0 aliphatic heterocycles. The molecule has 5 aromatic rings. The number of amides is 1. The second kappa shape index (κ2) is 11.8. The molecule has 0 unspecified atom stereocenters. The van der Waals surface area contributed by atoms with Crippen LogP contribution in [0.1, 0.15) is 18.1 Å². The molecule has 5 rings (SSSR count). The van der Waals surface area contributed by atoms with Crippen molar-refractivity contribution in [2.45, 2.75) is 25.0 Å². The van der Waals surface area contributed by atoms with Crippen LogP contribution in [0, 0.1) is 9.77 Å². The Morgan fingerprint density at radius 1 is 1.05 bits per heavy atom. The lowest BCUT2D eigenvalue weighted by Crippen LogP contribution is -2.26. The first-order chi connectivity index (χ1) is 18.9. The van der Waals surface area contributed by atoms with Crippen LogP contribution in [0.25, 0.3) is 21.7 Å². The maximum Gasteiger partial charge on any atom is 0.278 e. The zero-order valence-electron chi connectivity index (χ0n) is 20.7. The summed E-state index contributed by atoms with van der Waals surface area (Å²) in [4.78, 5) is 31.3. The molecular weight excluding hydrogens is 575 g/mol. The molecule has 1 N–H and O–H groups in total. The highest BCUT2D eigenvalue weighted by atomic mass is 35.5. The maximum atomic E-state index is 13.8. The SMILES string of the molecule is CCc1ccc(-n2c(=S)sc3c(=O)n(-c4ccc(F)cc4)c(SCC(=O)NCc4ccccc4Cl)nc32)cc1. The van der Waals surface area contributed by atoms with E-state index < -0.39 is 5.82 Å².